The molecule has 1 aromatic carbocycles. The van der Waals surface area contributed by atoms with Crippen molar-refractivity contribution < 1.29 is 14.7 Å². The molecule has 2 N–H and O–H groups in total. The Bertz CT molecular complexity index is 767. The third-order valence-corrected chi connectivity index (χ3v) is 5.48. The van der Waals surface area contributed by atoms with E-state index in [4.69, 9.17) is 11.6 Å². The Hall–Kier alpha value is -1.85. The summed E-state index contributed by atoms with van der Waals surface area (Å²) in [5.41, 5.74) is 1.58. The summed E-state index contributed by atoms with van der Waals surface area (Å²) in [4.78, 5) is 25.1. The molecule has 1 aromatic heterocycles. The number of carboxylic acid groups (broad SMARTS) is 1. The molecule has 3 rings (SSSR count). The molecule has 0 saturated carbocycles. The van der Waals surface area contributed by atoms with Crippen LogP contribution >= 0.6 is 22.9 Å². The van der Waals surface area contributed by atoms with E-state index in [0.29, 0.717) is 21.5 Å². The first-order valence-corrected chi connectivity index (χ1v) is 8.60. The largest absolute Gasteiger partial charge is 0.478 e. The zero-order valence-electron chi connectivity index (χ0n) is 12.6. The van der Waals surface area contributed by atoms with Crippen LogP contribution in [-0.2, 0) is 12.8 Å². The maximum atomic E-state index is 12.3. The molecule has 120 valence electrons. The zero-order valence-corrected chi connectivity index (χ0v) is 14.1. The van der Waals surface area contributed by atoms with Crippen molar-refractivity contribution in [1.29, 1.82) is 0 Å². The van der Waals surface area contributed by atoms with E-state index >= 15 is 0 Å². The number of thiophene rings is 1. The van der Waals surface area contributed by atoms with E-state index in [-0.39, 0.29) is 11.5 Å². The van der Waals surface area contributed by atoms with Gasteiger partial charge in [-0.25, -0.2) is 4.79 Å². The average molecular weight is 350 g/mol. The maximum Gasteiger partial charge on any atom is 0.339 e. The molecule has 0 spiro atoms. The van der Waals surface area contributed by atoms with Gasteiger partial charge in [-0.05, 0) is 55.0 Å². The molecule has 1 aliphatic rings. The average Bonchev–Trinajstić information content (AvgIpc) is 2.84. The lowest BCUT2D eigenvalue weighted by molar-refractivity contribution is 0.0697. The van der Waals surface area contributed by atoms with Gasteiger partial charge < -0.3 is 10.4 Å². The summed E-state index contributed by atoms with van der Waals surface area (Å²) in [6.45, 7) is 2.16. The smallest absolute Gasteiger partial charge is 0.339 e. The van der Waals surface area contributed by atoms with Gasteiger partial charge in [0.25, 0.3) is 5.91 Å². The number of carbonyl (C=O) groups is 2. The van der Waals surface area contributed by atoms with Crippen LogP contribution in [0.5, 0.6) is 0 Å². The Balaban J connectivity index is 1.92. The molecule has 0 bridgehead atoms. The predicted octanol–water partition coefficient (Wildman–Crippen LogP) is 4.48. The topological polar surface area (TPSA) is 66.4 Å². The summed E-state index contributed by atoms with van der Waals surface area (Å²) in [6, 6.07) is 6.51. The Morgan fingerprint density at radius 1 is 1.30 bits per heavy atom. The Labute approximate surface area is 143 Å². The number of amides is 1. The van der Waals surface area contributed by atoms with Gasteiger partial charge in [-0.1, -0.05) is 18.5 Å². The van der Waals surface area contributed by atoms with Gasteiger partial charge in [0.05, 0.1) is 5.56 Å². The maximum absolute atomic E-state index is 12.3. The normalized spacial score (nSPS) is 16.7. The first-order valence-electron chi connectivity index (χ1n) is 7.40. The molecule has 1 atom stereocenters. The number of hydrogen-bond donors (Lipinski definition) is 2. The van der Waals surface area contributed by atoms with Crippen molar-refractivity contribution in [3.63, 3.8) is 0 Å². The molecule has 0 aliphatic heterocycles. The van der Waals surface area contributed by atoms with Crippen molar-refractivity contribution in [3.05, 3.63) is 50.9 Å². The summed E-state index contributed by atoms with van der Waals surface area (Å²) >= 11 is 7.20. The molecule has 1 amide bonds. The van der Waals surface area contributed by atoms with Gasteiger partial charge in [0.1, 0.15) is 5.00 Å². The molecule has 0 saturated heterocycles. The fourth-order valence-electron chi connectivity index (χ4n) is 2.84. The van der Waals surface area contributed by atoms with E-state index in [9.17, 15) is 14.7 Å². The SMILES string of the molecule is C[C@@H]1CCc2c(sc(NC(=O)c3ccc(Cl)cc3)c2C(=O)O)C1. The van der Waals surface area contributed by atoms with Crippen LogP contribution in [0.1, 0.15) is 44.5 Å². The van der Waals surface area contributed by atoms with Gasteiger partial charge in [-0.3, -0.25) is 4.79 Å². The highest BCUT2D eigenvalue weighted by molar-refractivity contribution is 7.17. The molecule has 23 heavy (non-hydrogen) atoms. The third-order valence-electron chi connectivity index (χ3n) is 4.06. The van der Waals surface area contributed by atoms with Gasteiger partial charge in [-0.2, -0.15) is 0 Å². The van der Waals surface area contributed by atoms with E-state index in [1.807, 2.05) is 0 Å². The second kappa shape index (κ2) is 6.34. The highest BCUT2D eigenvalue weighted by Gasteiger charge is 2.28. The highest BCUT2D eigenvalue weighted by atomic mass is 35.5. The molecule has 4 nitrogen and oxygen atoms in total. The third kappa shape index (κ3) is 3.26. The number of nitrogens with one attached hydrogen (secondary N) is 1. The van der Waals surface area contributed by atoms with Crippen LogP contribution in [0.2, 0.25) is 5.02 Å². The molecule has 1 heterocycles. The minimum atomic E-state index is -0.983. The molecule has 2 aromatic rings. The second-order valence-corrected chi connectivity index (χ2v) is 7.36. The first-order chi connectivity index (χ1) is 11.0. The van der Waals surface area contributed by atoms with Crippen molar-refractivity contribution in [3.8, 4) is 0 Å². The highest BCUT2D eigenvalue weighted by Crippen LogP contribution is 2.39. The summed E-state index contributed by atoms with van der Waals surface area (Å²) < 4.78 is 0. The van der Waals surface area contributed by atoms with E-state index in [1.54, 1.807) is 24.3 Å². The van der Waals surface area contributed by atoms with Crippen molar-refractivity contribution in [2.24, 2.45) is 5.92 Å². The van der Waals surface area contributed by atoms with Gasteiger partial charge in [0.2, 0.25) is 0 Å². The van der Waals surface area contributed by atoms with E-state index in [2.05, 4.69) is 12.2 Å². The Morgan fingerprint density at radius 3 is 2.65 bits per heavy atom. The van der Waals surface area contributed by atoms with E-state index in [1.165, 1.54) is 11.3 Å². The van der Waals surface area contributed by atoms with Crippen LogP contribution in [-0.4, -0.2) is 17.0 Å². The van der Waals surface area contributed by atoms with Gasteiger partial charge in [0, 0.05) is 15.5 Å². The predicted molar refractivity (Wildman–Crippen MR) is 91.9 cm³/mol. The minimum absolute atomic E-state index is 0.249. The fraction of sp³-hybridized carbons (Fsp3) is 0.294. The van der Waals surface area contributed by atoms with Crippen molar-refractivity contribution in [1.82, 2.24) is 0 Å². The molecule has 0 fully saturated rings. The lowest BCUT2D eigenvalue weighted by Crippen LogP contribution is -2.15. The van der Waals surface area contributed by atoms with Crippen molar-refractivity contribution in [2.45, 2.75) is 26.2 Å². The van der Waals surface area contributed by atoms with Crippen LogP contribution in [0, 0.1) is 5.92 Å². The number of hydrogen-bond acceptors (Lipinski definition) is 3. The lowest BCUT2D eigenvalue weighted by atomic mass is 9.88. The van der Waals surface area contributed by atoms with Crippen LogP contribution in [0.25, 0.3) is 0 Å². The number of aromatic carboxylic acids is 1. The second-order valence-electron chi connectivity index (χ2n) is 5.82. The van der Waals surface area contributed by atoms with Gasteiger partial charge in [0.15, 0.2) is 0 Å². The van der Waals surface area contributed by atoms with Crippen molar-refractivity contribution in [2.75, 3.05) is 5.32 Å². The fourth-order valence-corrected chi connectivity index (χ4v) is 4.37. The Morgan fingerprint density at radius 2 is 2.00 bits per heavy atom. The quantitative estimate of drug-likeness (QED) is 0.858. The van der Waals surface area contributed by atoms with Crippen molar-refractivity contribution >= 4 is 39.8 Å². The zero-order chi connectivity index (χ0) is 16.6. The van der Waals surface area contributed by atoms with Crippen LogP contribution in [0.15, 0.2) is 24.3 Å². The molecule has 0 unspecified atom stereocenters. The monoisotopic (exact) mass is 349 g/mol. The number of carboxylic acids is 1. The van der Waals surface area contributed by atoms with Crippen LogP contribution in [0.4, 0.5) is 5.00 Å². The summed E-state index contributed by atoms with van der Waals surface area (Å²) in [6.07, 6.45) is 2.61. The number of carbonyl (C=O) groups excluding carboxylic acids is 1. The first kappa shape index (κ1) is 16.0. The standard InChI is InChI=1S/C17H16ClNO3S/c1-9-2-7-12-13(8-9)23-16(14(12)17(21)22)19-15(20)10-3-5-11(18)6-4-10/h3-6,9H,2,7-8H2,1H3,(H,19,20)(H,21,22)/t9-/m1/s1. The number of halogens is 1. The number of anilines is 1. The molecule has 0 radical (unpaired) electrons. The molecule has 6 heteroatoms. The van der Waals surface area contributed by atoms with Crippen LogP contribution in [0.3, 0.4) is 0 Å². The van der Waals surface area contributed by atoms with E-state index < -0.39 is 5.97 Å². The molecular formula is C17H16ClNO3S. The van der Waals surface area contributed by atoms with E-state index in [0.717, 1.165) is 29.7 Å². The van der Waals surface area contributed by atoms with Gasteiger partial charge in [-0.15, -0.1) is 11.3 Å². The number of rotatable bonds is 3. The minimum Gasteiger partial charge on any atom is -0.478 e. The molecular weight excluding hydrogens is 334 g/mol. The number of benzene rings is 1. The summed E-state index contributed by atoms with van der Waals surface area (Å²) in [7, 11) is 0. The number of fused-ring (bicyclic) bond motifs is 1. The van der Waals surface area contributed by atoms with Crippen LogP contribution < -0.4 is 5.32 Å². The summed E-state index contributed by atoms with van der Waals surface area (Å²) in [5.74, 6) is -0.762. The van der Waals surface area contributed by atoms with Gasteiger partial charge >= 0.3 is 5.97 Å². The molecule has 1 aliphatic carbocycles. The Kier molecular flexibility index (Phi) is 4.41. The summed E-state index contributed by atoms with van der Waals surface area (Å²) in [5, 5.41) is 13.3. The lowest BCUT2D eigenvalue weighted by Gasteiger charge is -2.17.